The van der Waals surface area contributed by atoms with Crippen molar-refractivity contribution in [3.8, 4) is 0 Å². The van der Waals surface area contributed by atoms with Gasteiger partial charge in [0.25, 0.3) is 0 Å². The number of aromatic nitrogens is 2. The maximum Gasteiger partial charge on any atom is 0.125 e. The Labute approximate surface area is 70.8 Å². The highest BCUT2D eigenvalue weighted by Crippen LogP contribution is 2.14. The smallest absolute Gasteiger partial charge is 0.125 e. The lowest BCUT2D eigenvalue weighted by Gasteiger charge is -1.95. The van der Waals surface area contributed by atoms with E-state index in [0.29, 0.717) is 0 Å². The van der Waals surface area contributed by atoms with E-state index in [2.05, 4.69) is 4.98 Å². The van der Waals surface area contributed by atoms with Crippen LogP contribution in [0.2, 0.25) is 0 Å². The van der Waals surface area contributed by atoms with Crippen LogP contribution in [0.1, 0.15) is 11.4 Å². The Hall–Kier alpha value is -1.51. The number of nitrogens with two attached hydrogens (primary N) is 1. The third-order valence-corrected chi connectivity index (χ3v) is 2.02. The van der Waals surface area contributed by atoms with Crippen LogP contribution in [-0.2, 0) is 0 Å². The first kappa shape index (κ1) is 7.16. The van der Waals surface area contributed by atoms with Gasteiger partial charge in [-0.05, 0) is 31.5 Å². The van der Waals surface area contributed by atoms with E-state index in [-0.39, 0.29) is 0 Å². The summed E-state index contributed by atoms with van der Waals surface area (Å²) in [6.45, 7) is 3.94. The van der Waals surface area contributed by atoms with Gasteiger partial charge in [-0.25, -0.2) is 9.66 Å². The zero-order valence-electron chi connectivity index (χ0n) is 7.20. The van der Waals surface area contributed by atoms with E-state index in [1.165, 1.54) is 5.56 Å². The molecule has 0 saturated carbocycles. The lowest BCUT2D eigenvalue weighted by Crippen LogP contribution is -2.09. The molecule has 2 aromatic rings. The second-order valence-electron chi connectivity index (χ2n) is 3.02. The summed E-state index contributed by atoms with van der Waals surface area (Å²) in [6, 6.07) is 6.06. The number of fused-ring (bicyclic) bond motifs is 1. The highest BCUT2D eigenvalue weighted by molar-refractivity contribution is 5.76. The maximum absolute atomic E-state index is 5.74. The van der Waals surface area contributed by atoms with Gasteiger partial charge in [-0.15, -0.1) is 0 Å². The average molecular weight is 161 g/mol. The first-order valence-corrected chi connectivity index (χ1v) is 3.89. The largest absolute Gasteiger partial charge is 0.337 e. The van der Waals surface area contributed by atoms with Crippen LogP contribution in [0.3, 0.4) is 0 Å². The third kappa shape index (κ3) is 0.863. The molecular weight excluding hydrogens is 150 g/mol. The number of imidazole rings is 1. The van der Waals surface area contributed by atoms with Crippen LogP contribution in [0, 0.1) is 13.8 Å². The monoisotopic (exact) mass is 161 g/mol. The van der Waals surface area contributed by atoms with E-state index in [1.54, 1.807) is 4.68 Å². The first-order valence-electron chi connectivity index (χ1n) is 3.89. The first-order chi connectivity index (χ1) is 5.68. The van der Waals surface area contributed by atoms with Crippen molar-refractivity contribution in [1.29, 1.82) is 0 Å². The molecule has 0 amide bonds. The summed E-state index contributed by atoms with van der Waals surface area (Å²) in [5.74, 6) is 6.59. The predicted octanol–water partition coefficient (Wildman–Crippen LogP) is 1.37. The lowest BCUT2D eigenvalue weighted by atomic mass is 10.2. The Morgan fingerprint density at radius 3 is 2.83 bits per heavy atom. The highest BCUT2D eigenvalue weighted by Gasteiger charge is 2.02. The Balaban J connectivity index is 2.87. The van der Waals surface area contributed by atoms with Crippen LogP contribution < -0.4 is 5.84 Å². The fraction of sp³-hybridized carbons (Fsp3) is 0.222. The minimum absolute atomic E-state index is 0.843. The van der Waals surface area contributed by atoms with E-state index < -0.39 is 0 Å². The Bertz CT molecular complexity index is 429. The number of aryl methyl sites for hydroxylation is 2. The van der Waals surface area contributed by atoms with Crippen molar-refractivity contribution in [3.63, 3.8) is 0 Å². The molecule has 3 heteroatoms. The van der Waals surface area contributed by atoms with E-state index in [1.807, 2.05) is 32.0 Å². The van der Waals surface area contributed by atoms with Crippen molar-refractivity contribution < 1.29 is 0 Å². The molecule has 0 aliphatic carbocycles. The van der Waals surface area contributed by atoms with Crippen molar-refractivity contribution in [3.05, 3.63) is 29.6 Å². The Morgan fingerprint density at radius 2 is 2.08 bits per heavy atom. The number of nitrogens with zero attached hydrogens (tertiary/aromatic N) is 2. The van der Waals surface area contributed by atoms with Crippen LogP contribution in [0.25, 0.3) is 11.0 Å². The molecule has 0 spiro atoms. The number of hydrogen-bond donors (Lipinski definition) is 1. The number of nitrogen functional groups attached to an aromatic ring is 1. The molecule has 1 aromatic carbocycles. The van der Waals surface area contributed by atoms with Gasteiger partial charge in [0, 0.05) is 0 Å². The molecule has 0 radical (unpaired) electrons. The average Bonchev–Trinajstić information content (AvgIpc) is 2.28. The molecule has 1 heterocycles. The highest BCUT2D eigenvalue weighted by atomic mass is 15.3. The zero-order chi connectivity index (χ0) is 8.72. The number of rotatable bonds is 0. The molecule has 0 bridgehead atoms. The SMILES string of the molecule is Cc1ccc2c(c1)nc(C)n2N. The van der Waals surface area contributed by atoms with Gasteiger partial charge in [-0.2, -0.15) is 0 Å². The van der Waals surface area contributed by atoms with Crippen molar-refractivity contribution in [2.75, 3.05) is 5.84 Å². The maximum atomic E-state index is 5.74. The summed E-state index contributed by atoms with van der Waals surface area (Å²) in [5.41, 5.74) is 3.16. The molecule has 0 atom stereocenters. The summed E-state index contributed by atoms with van der Waals surface area (Å²) in [6.07, 6.45) is 0. The molecule has 0 unspecified atom stereocenters. The number of hydrogen-bond acceptors (Lipinski definition) is 2. The molecule has 12 heavy (non-hydrogen) atoms. The quantitative estimate of drug-likeness (QED) is 0.593. The third-order valence-electron chi connectivity index (χ3n) is 2.02. The normalized spacial score (nSPS) is 10.8. The molecule has 62 valence electrons. The molecule has 3 nitrogen and oxygen atoms in total. The van der Waals surface area contributed by atoms with Gasteiger partial charge in [0.15, 0.2) is 0 Å². The van der Waals surface area contributed by atoms with Gasteiger partial charge in [-0.1, -0.05) is 6.07 Å². The van der Waals surface area contributed by atoms with E-state index in [0.717, 1.165) is 16.9 Å². The van der Waals surface area contributed by atoms with Crippen molar-refractivity contribution in [2.45, 2.75) is 13.8 Å². The van der Waals surface area contributed by atoms with Crippen LogP contribution >= 0.6 is 0 Å². The molecule has 2 rings (SSSR count). The zero-order valence-corrected chi connectivity index (χ0v) is 7.20. The molecular formula is C9H11N3. The standard InChI is InChI=1S/C9H11N3/c1-6-3-4-9-8(5-6)11-7(2)12(9)10/h3-5H,10H2,1-2H3. The summed E-state index contributed by atoms with van der Waals surface area (Å²) in [7, 11) is 0. The van der Waals surface area contributed by atoms with E-state index in [9.17, 15) is 0 Å². The Morgan fingerprint density at radius 1 is 1.33 bits per heavy atom. The second-order valence-corrected chi connectivity index (χ2v) is 3.02. The van der Waals surface area contributed by atoms with Gasteiger partial charge >= 0.3 is 0 Å². The molecule has 1 aromatic heterocycles. The topological polar surface area (TPSA) is 43.8 Å². The van der Waals surface area contributed by atoms with Crippen LogP contribution in [0.4, 0.5) is 0 Å². The lowest BCUT2D eigenvalue weighted by molar-refractivity contribution is 0.956. The van der Waals surface area contributed by atoms with Crippen LogP contribution in [-0.4, -0.2) is 9.66 Å². The summed E-state index contributed by atoms with van der Waals surface area (Å²) < 4.78 is 1.61. The summed E-state index contributed by atoms with van der Waals surface area (Å²) >= 11 is 0. The second kappa shape index (κ2) is 2.24. The summed E-state index contributed by atoms with van der Waals surface area (Å²) in [4.78, 5) is 4.31. The summed E-state index contributed by atoms with van der Waals surface area (Å²) in [5, 5.41) is 0. The predicted molar refractivity (Wildman–Crippen MR) is 49.4 cm³/mol. The minimum atomic E-state index is 0.843. The fourth-order valence-corrected chi connectivity index (χ4v) is 1.33. The minimum Gasteiger partial charge on any atom is -0.337 e. The van der Waals surface area contributed by atoms with Crippen molar-refractivity contribution in [2.24, 2.45) is 0 Å². The van der Waals surface area contributed by atoms with Gasteiger partial charge in [0.1, 0.15) is 5.82 Å². The number of benzene rings is 1. The van der Waals surface area contributed by atoms with Crippen molar-refractivity contribution in [1.82, 2.24) is 9.66 Å². The van der Waals surface area contributed by atoms with Crippen molar-refractivity contribution >= 4 is 11.0 Å². The van der Waals surface area contributed by atoms with Gasteiger partial charge in [-0.3, -0.25) is 0 Å². The fourth-order valence-electron chi connectivity index (χ4n) is 1.33. The Kier molecular flexibility index (Phi) is 1.33. The van der Waals surface area contributed by atoms with E-state index >= 15 is 0 Å². The van der Waals surface area contributed by atoms with E-state index in [4.69, 9.17) is 5.84 Å². The molecule has 0 aliphatic rings. The van der Waals surface area contributed by atoms with Crippen LogP contribution in [0.15, 0.2) is 18.2 Å². The van der Waals surface area contributed by atoms with Gasteiger partial charge < -0.3 is 5.84 Å². The van der Waals surface area contributed by atoms with Crippen LogP contribution in [0.5, 0.6) is 0 Å². The molecule has 2 N–H and O–H groups in total. The molecule has 0 fully saturated rings. The molecule has 0 aliphatic heterocycles. The molecule has 0 saturated heterocycles. The van der Waals surface area contributed by atoms with Gasteiger partial charge in [0.05, 0.1) is 11.0 Å². The van der Waals surface area contributed by atoms with Gasteiger partial charge in [0.2, 0.25) is 0 Å².